The summed E-state index contributed by atoms with van der Waals surface area (Å²) in [5.74, 6) is 0. The Morgan fingerprint density at radius 1 is 1.04 bits per heavy atom. The quantitative estimate of drug-likeness (QED) is 0.412. The Morgan fingerprint density at radius 2 is 1.71 bits per heavy atom. The first-order chi connectivity index (χ1) is 11.4. The fraction of sp³-hybridized carbons (Fsp3) is 0.278. The maximum atomic E-state index is 11.6. The molecular formula is C18H20N4O2. The second-order valence-electron chi connectivity index (χ2n) is 6.19. The average Bonchev–Trinajstić information content (AvgIpc) is 2.53. The third-order valence-corrected chi connectivity index (χ3v) is 4.00. The van der Waals surface area contributed by atoms with Crippen LogP contribution in [0.1, 0.15) is 13.8 Å². The SMILES string of the molecule is CC(C)N(c1c2ccccc2nc2cccc([N+](=O)[O-])c12)N(C)C. The molecule has 0 saturated heterocycles. The van der Waals surface area contributed by atoms with Gasteiger partial charge in [0, 0.05) is 31.6 Å². The maximum absolute atomic E-state index is 11.6. The Balaban J connectivity index is 2.55. The number of non-ortho nitro benzene ring substituents is 1. The van der Waals surface area contributed by atoms with E-state index < -0.39 is 0 Å². The van der Waals surface area contributed by atoms with E-state index >= 15 is 0 Å². The van der Waals surface area contributed by atoms with Crippen LogP contribution in [0, 0.1) is 10.1 Å². The van der Waals surface area contributed by atoms with Gasteiger partial charge in [-0.05, 0) is 26.0 Å². The van der Waals surface area contributed by atoms with Crippen LogP contribution in [0.25, 0.3) is 21.8 Å². The zero-order valence-corrected chi connectivity index (χ0v) is 14.2. The molecule has 0 amide bonds. The Bertz CT molecular complexity index is 913. The molecule has 0 N–H and O–H groups in total. The number of hydrogen-bond acceptors (Lipinski definition) is 5. The van der Waals surface area contributed by atoms with Crippen molar-refractivity contribution in [2.75, 3.05) is 19.1 Å². The highest BCUT2D eigenvalue weighted by atomic mass is 16.6. The zero-order chi connectivity index (χ0) is 17.4. The molecule has 0 spiro atoms. The van der Waals surface area contributed by atoms with Crippen molar-refractivity contribution in [2.24, 2.45) is 0 Å². The number of nitro groups is 1. The van der Waals surface area contributed by atoms with Crippen molar-refractivity contribution in [1.29, 1.82) is 0 Å². The molecule has 1 aromatic heterocycles. The van der Waals surface area contributed by atoms with Crippen LogP contribution in [0.2, 0.25) is 0 Å². The first-order valence-electron chi connectivity index (χ1n) is 7.84. The smallest absolute Gasteiger partial charge is 0.280 e. The lowest BCUT2D eigenvalue weighted by atomic mass is 10.0. The van der Waals surface area contributed by atoms with Gasteiger partial charge in [-0.15, -0.1) is 0 Å². The molecule has 0 aliphatic heterocycles. The molecule has 0 unspecified atom stereocenters. The number of pyridine rings is 1. The Morgan fingerprint density at radius 3 is 2.33 bits per heavy atom. The molecule has 124 valence electrons. The lowest BCUT2D eigenvalue weighted by Gasteiger charge is -2.36. The predicted octanol–water partition coefficient (Wildman–Crippen LogP) is 3.99. The van der Waals surface area contributed by atoms with Crippen LogP contribution in [0.5, 0.6) is 0 Å². The molecule has 1 heterocycles. The largest absolute Gasteiger partial charge is 0.302 e. The van der Waals surface area contributed by atoms with Gasteiger partial charge in [0.2, 0.25) is 0 Å². The van der Waals surface area contributed by atoms with Crippen LogP contribution in [0.3, 0.4) is 0 Å². The van der Waals surface area contributed by atoms with Gasteiger partial charge < -0.3 is 5.01 Å². The minimum absolute atomic E-state index is 0.0771. The first-order valence-corrected chi connectivity index (χ1v) is 7.84. The number of benzene rings is 2. The number of fused-ring (bicyclic) bond motifs is 2. The number of rotatable bonds is 4. The third kappa shape index (κ3) is 2.55. The summed E-state index contributed by atoms with van der Waals surface area (Å²) in [5, 5.41) is 17.1. The van der Waals surface area contributed by atoms with E-state index in [0.717, 1.165) is 16.6 Å². The molecule has 6 nitrogen and oxygen atoms in total. The van der Waals surface area contributed by atoms with E-state index in [-0.39, 0.29) is 16.7 Å². The van der Waals surface area contributed by atoms with Crippen LogP contribution in [0.4, 0.5) is 11.4 Å². The van der Waals surface area contributed by atoms with Crippen LogP contribution in [0.15, 0.2) is 42.5 Å². The molecule has 6 heteroatoms. The highest BCUT2D eigenvalue weighted by Crippen LogP contribution is 2.39. The Labute approximate surface area is 140 Å². The van der Waals surface area contributed by atoms with Crippen molar-refractivity contribution >= 4 is 33.2 Å². The molecule has 3 aromatic rings. The number of para-hydroxylation sites is 1. The van der Waals surface area contributed by atoms with Gasteiger partial charge in [0.25, 0.3) is 5.69 Å². The van der Waals surface area contributed by atoms with E-state index in [4.69, 9.17) is 0 Å². The number of nitro benzene ring substituents is 1. The number of anilines is 1. The van der Waals surface area contributed by atoms with E-state index in [9.17, 15) is 10.1 Å². The fourth-order valence-corrected chi connectivity index (χ4v) is 3.21. The Hall–Kier alpha value is -2.73. The molecule has 0 aliphatic rings. The molecule has 2 aromatic carbocycles. The van der Waals surface area contributed by atoms with Gasteiger partial charge in [0.05, 0.1) is 21.6 Å². The van der Waals surface area contributed by atoms with E-state index in [2.05, 4.69) is 23.8 Å². The van der Waals surface area contributed by atoms with Crippen LogP contribution in [-0.4, -0.2) is 35.1 Å². The molecule has 0 fully saturated rings. The van der Waals surface area contributed by atoms with Gasteiger partial charge in [0.15, 0.2) is 0 Å². The van der Waals surface area contributed by atoms with Crippen molar-refractivity contribution in [3.8, 4) is 0 Å². The fourth-order valence-electron chi connectivity index (χ4n) is 3.21. The van der Waals surface area contributed by atoms with Gasteiger partial charge in [-0.1, -0.05) is 24.3 Å². The van der Waals surface area contributed by atoms with Crippen LogP contribution < -0.4 is 5.01 Å². The topological polar surface area (TPSA) is 62.5 Å². The van der Waals surface area contributed by atoms with Crippen molar-refractivity contribution in [3.63, 3.8) is 0 Å². The molecule has 3 rings (SSSR count). The summed E-state index contributed by atoms with van der Waals surface area (Å²) < 4.78 is 0. The predicted molar refractivity (Wildman–Crippen MR) is 97.2 cm³/mol. The highest BCUT2D eigenvalue weighted by Gasteiger charge is 2.25. The van der Waals surface area contributed by atoms with Crippen molar-refractivity contribution in [1.82, 2.24) is 9.99 Å². The lowest BCUT2D eigenvalue weighted by molar-refractivity contribution is -0.383. The Kier molecular flexibility index (Phi) is 4.07. The lowest BCUT2D eigenvalue weighted by Crippen LogP contribution is -2.42. The summed E-state index contributed by atoms with van der Waals surface area (Å²) in [4.78, 5) is 15.9. The molecular weight excluding hydrogens is 304 g/mol. The highest BCUT2D eigenvalue weighted by molar-refractivity contribution is 6.11. The molecule has 0 radical (unpaired) electrons. The van der Waals surface area contributed by atoms with Crippen LogP contribution >= 0.6 is 0 Å². The summed E-state index contributed by atoms with van der Waals surface area (Å²) in [6.07, 6.45) is 0. The molecule has 24 heavy (non-hydrogen) atoms. The number of hydrogen-bond donors (Lipinski definition) is 0. The second kappa shape index (κ2) is 6.05. The molecule has 0 saturated carbocycles. The summed E-state index contributed by atoms with van der Waals surface area (Å²) in [5.41, 5.74) is 2.36. The van der Waals surface area contributed by atoms with Crippen molar-refractivity contribution < 1.29 is 4.92 Å². The number of hydrazine groups is 1. The molecule has 0 bridgehead atoms. The normalized spacial score (nSPS) is 11.6. The van der Waals surface area contributed by atoms with Crippen molar-refractivity contribution in [2.45, 2.75) is 19.9 Å². The maximum Gasteiger partial charge on any atom is 0.280 e. The number of nitrogens with zero attached hydrogens (tertiary/aromatic N) is 4. The van der Waals surface area contributed by atoms with E-state index in [1.807, 2.05) is 49.4 Å². The standard InChI is InChI=1S/C18H20N4O2/c1-12(2)21(20(3)4)18-13-8-5-6-9-14(13)19-15-10-7-11-16(17(15)18)22(23)24/h5-12H,1-4H3. The van der Waals surface area contributed by atoms with E-state index in [1.54, 1.807) is 6.07 Å². The summed E-state index contributed by atoms with van der Waals surface area (Å²) in [6, 6.07) is 12.9. The monoisotopic (exact) mass is 324 g/mol. The van der Waals surface area contributed by atoms with Gasteiger partial charge in [-0.25, -0.2) is 9.99 Å². The summed E-state index contributed by atoms with van der Waals surface area (Å²) in [6.45, 7) is 4.13. The second-order valence-corrected chi connectivity index (χ2v) is 6.19. The van der Waals surface area contributed by atoms with E-state index in [0.29, 0.717) is 10.9 Å². The van der Waals surface area contributed by atoms with Crippen molar-refractivity contribution in [3.05, 3.63) is 52.6 Å². The van der Waals surface area contributed by atoms with Gasteiger partial charge in [-0.3, -0.25) is 10.1 Å². The average molecular weight is 324 g/mol. The zero-order valence-electron chi connectivity index (χ0n) is 14.2. The minimum atomic E-state index is -0.337. The van der Waals surface area contributed by atoms with E-state index in [1.165, 1.54) is 6.07 Å². The summed E-state index contributed by atoms with van der Waals surface area (Å²) >= 11 is 0. The van der Waals surface area contributed by atoms with Gasteiger partial charge in [-0.2, -0.15) is 0 Å². The van der Waals surface area contributed by atoms with Gasteiger partial charge >= 0.3 is 0 Å². The first kappa shape index (κ1) is 16.1. The number of aromatic nitrogens is 1. The third-order valence-electron chi connectivity index (χ3n) is 4.00. The summed E-state index contributed by atoms with van der Waals surface area (Å²) in [7, 11) is 3.88. The molecule has 0 aliphatic carbocycles. The van der Waals surface area contributed by atoms with Crippen LogP contribution in [-0.2, 0) is 0 Å². The minimum Gasteiger partial charge on any atom is -0.302 e. The van der Waals surface area contributed by atoms with Gasteiger partial charge in [0.1, 0.15) is 5.39 Å². The molecule has 0 atom stereocenters.